The molecule has 172 valence electrons. The van der Waals surface area contributed by atoms with E-state index in [1.807, 2.05) is 12.1 Å². The van der Waals surface area contributed by atoms with E-state index in [-0.39, 0.29) is 30.1 Å². The molecule has 0 saturated heterocycles. The molecule has 8 nitrogen and oxygen atoms in total. The topological polar surface area (TPSA) is 99.0 Å². The van der Waals surface area contributed by atoms with E-state index in [9.17, 15) is 9.59 Å². The second-order valence-corrected chi connectivity index (χ2v) is 10.1. The van der Waals surface area contributed by atoms with Crippen LogP contribution >= 0.6 is 34.4 Å². The molecule has 0 bridgehead atoms. The van der Waals surface area contributed by atoms with Gasteiger partial charge in [-0.25, -0.2) is 4.98 Å². The number of thioether (sulfide) groups is 1. The van der Waals surface area contributed by atoms with Gasteiger partial charge in [0.15, 0.2) is 16.1 Å². The summed E-state index contributed by atoms with van der Waals surface area (Å²) in [6.45, 7) is 6.24. The lowest BCUT2D eigenvalue weighted by molar-refractivity contribution is -0.142. The van der Waals surface area contributed by atoms with Crippen LogP contribution in [0.5, 0.6) is 0 Å². The van der Waals surface area contributed by atoms with E-state index >= 15 is 0 Å². The summed E-state index contributed by atoms with van der Waals surface area (Å²) in [4.78, 5) is 28.4. The van der Waals surface area contributed by atoms with Crippen molar-refractivity contribution in [2.24, 2.45) is 0 Å². The molecule has 0 aliphatic rings. The van der Waals surface area contributed by atoms with Crippen molar-refractivity contribution in [1.29, 1.82) is 0 Å². The van der Waals surface area contributed by atoms with E-state index in [1.54, 1.807) is 23.6 Å². The molecule has 0 fully saturated rings. The van der Waals surface area contributed by atoms with Gasteiger partial charge in [-0.1, -0.05) is 30.0 Å². The standard InChI is InChI=1S/C22H23N5O3S3/c1-4-30-19(29)9-14-10-32-21(23-14)24-18(28)12-33-22-26-25-20(27(22)13(2)3)16-11-31-17-8-6-5-7-15(16)17/h5-8,10-11,13H,4,9,12H2,1-3H3,(H,23,24,28). The number of thiazole rings is 1. The first-order valence-electron chi connectivity index (χ1n) is 10.4. The Labute approximate surface area is 203 Å². The molecule has 0 unspecified atom stereocenters. The van der Waals surface area contributed by atoms with Crippen LogP contribution in [0.1, 0.15) is 32.5 Å². The van der Waals surface area contributed by atoms with Crippen LogP contribution in [-0.2, 0) is 20.7 Å². The second kappa shape index (κ2) is 10.4. The van der Waals surface area contributed by atoms with Crippen LogP contribution in [0, 0.1) is 0 Å². The highest BCUT2D eigenvalue weighted by Crippen LogP contribution is 2.35. The largest absolute Gasteiger partial charge is 0.466 e. The number of carbonyl (C=O) groups excluding carboxylic acids is 2. The van der Waals surface area contributed by atoms with Gasteiger partial charge >= 0.3 is 5.97 Å². The van der Waals surface area contributed by atoms with Crippen molar-refractivity contribution in [3.63, 3.8) is 0 Å². The number of benzene rings is 1. The van der Waals surface area contributed by atoms with Gasteiger partial charge in [-0.3, -0.25) is 14.2 Å². The number of rotatable bonds is 9. The van der Waals surface area contributed by atoms with Crippen LogP contribution in [0.4, 0.5) is 5.13 Å². The molecule has 11 heteroatoms. The number of nitrogens with one attached hydrogen (secondary N) is 1. The second-order valence-electron chi connectivity index (χ2n) is 7.38. The minimum absolute atomic E-state index is 0.0898. The molecule has 1 aromatic carbocycles. The number of aromatic nitrogens is 4. The summed E-state index contributed by atoms with van der Waals surface area (Å²) in [5.41, 5.74) is 1.62. The van der Waals surface area contributed by atoms with E-state index in [2.05, 4.69) is 56.4 Å². The van der Waals surface area contributed by atoms with Gasteiger partial charge in [0, 0.05) is 32.5 Å². The quantitative estimate of drug-likeness (QED) is 0.254. The zero-order valence-electron chi connectivity index (χ0n) is 18.4. The Morgan fingerprint density at radius 2 is 2.00 bits per heavy atom. The summed E-state index contributed by atoms with van der Waals surface area (Å²) < 4.78 is 8.19. The zero-order valence-corrected chi connectivity index (χ0v) is 20.9. The molecule has 3 aromatic heterocycles. The molecule has 4 aromatic rings. The predicted octanol–water partition coefficient (Wildman–Crippen LogP) is 5.03. The summed E-state index contributed by atoms with van der Waals surface area (Å²) in [5.74, 6) is 0.437. The highest BCUT2D eigenvalue weighted by Gasteiger charge is 2.20. The van der Waals surface area contributed by atoms with E-state index in [0.717, 1.165) is 16.8 Å². The minimum Gasteiger partial charge on any atom is -0.466 e. The summed E-state index contributed by atoms with van der Waals surface area (Å²) in [7, 11) is 0. The van der Waals surface area contributed by atoms with Crippen molar-refractivity contribution < 1.29 is 14.3 Å². The van der Waals surface area contributed by atoms with Crippen molar-refractivity contribution in [3.05, 3.63) is 40.7 Å². The average Bonchev–Trinajstić information content (AvgIpc) is 3.50. The normalized spacial score (nSPS) is 11.3. The third-order valence-corrected chi connectivity index (χ3v) is 7.38. The van der Waals surface area contributed by atoms with Crippen LogP contribution in [0.15, 0.2) is 40.2 Å². The van der Waals surface area contributed by atoms with Gasteiger partial charge in [-0.05, 0) is 26.8 Å². The number of carbonyl (C=O) groups is 2. The van der Waals surface area contributed by atoms with Crippen LogP contribution in [0.25, 0.3) is 21.5 Å². The summed E-state index contributed by atoms with van der Waals surface area (Å²) >= 11 is 4.29. The Morgan fingerprint density at radius 3 is 2.79 bits per heavy atom. The molecule has 0 aliphatic heterocycles. The first-order chi connectivity index (χ1) is 16.0. The van der Waals surface area contributed by atoms with Crippen LogP contribution in [0.2, 0.25) is 0 Å². The van der Waals surface area contributed by atoms with Crippen LogP contribution in [0.3, 0.4) is 0 Å². The third-order valence-electron chi connectivity index (χ3n) is 4.66. The first kappa shape index (κ1) is 23.4. The number of nitrogens with zero attached hydrogens (tertiary/aromatic N) is 4. The SMILES string of the molecule is CCOC(=O)Cc1csc(NC(=O)CSc2nnc(-c3csc4ccccc34)n2C(C)C)n1. The highest BCUT2D eigenvalue weighted by atomic mass is 32.2. The molecule has 1 N–H and O–H groups in total. The number of fused-ring (bicyclic) bond motifs is 1. The number of ether oxygens (including phenoxy) is 1. The molecule has 0 aliphatic carbocycles. The lowest BCUT2D eigenvalue weighted by Crippen LogP contribution is -2.15. The average molecular weight is 502 g/mol. The number of anilines is 1. The van der Waals surface area contributed by atoms with Crippen molar-refractivity contribution in [1.82, 2.24) is 19.7 Å². The Balaban J connectivity index is 1.43. The lowest BCUT2D eigenvalue weighted by atomic mass is 10.1. The molecule has 4 rings (SSSR count). The van der Waals surface area contributed by atoms with Gasteiger partial charge in [0.05, 0.1) is 24.5 Å². The minimum atomic E-state index is -0.335. The molecule has 0 spiro atoms. The number of hydrogen-bond donors (Lipinski definition) is 1. The molecule has 0 radical (unpaired) electrons. The summed E-state index contributed by atoms with van der Waals surface area (Å²) in [6, 6.07) is 8.36. The highest BCUT2D eigenvalue weighted by molar-refractivity contribution is 7.99. The maximum atomic E-state index is 12.5. The van der Waals surface area contributed by atoms with Crippen LogP contribution < -0.4 is 5.32 Å². The molecule has 1 amide bonds. The Hall–Kier alpha value is -2.76. The van der Waals surface area contributed by atoms with Crippen molar-refractivity contribution in [2.45, 2.75) is 38.4 Å². The lowest BCUT2D eigenvalue weighted by Gasteiger charge is -2.13. The number of esters is 1. The fourth-order valence-corrected chi connectivity index (χ4v) is 5.80. The number of thiophene rings is 1. The summed E-state index contributed by atoms with van der Waals surface area (Å²) in [5, 5.41) is 17.7. The molecule has 3 heterocycles. The first-order valence-corrected chi connectivity index (χ1v) is 13.1. The maximum absolute atomic E-state index is 12.5. The van der Waals surface area contributed by atoms with E-state index in [1.165, 1.54) is 27.8 Å². The predicted molar refractivity (Wildman–Crippen MR) is 133 cm³/mol. The number of amides is 1. The van der Waals surface area contributed by atoms with Crippen molar-refractivity contribution >= 4 is 61.5 Å². The number of hydrogen-bond acceptors (Lipinski definition) is 9. The molecule has 0 atom stereocenters. The molecular formula is C22H23N5O3S3. The Bertz CT molecular complexity index is 1280. The summed E-state index contributed by atoms with van der Waals surface area (Å²) in [6.07, 6.45) is 0.0898. The van der Waals surface area contributed by atoms with Gasteiger partial charge in [-0.15, -0.1) is 32.9 Å². The molecule has 33 heavy (non-hydrogen) atoms. The monoisotopic (exact) mass is 501 g/mol. The van der Waals surface area contributed by atoms with Crippen LogP contribution in [-0.4, -0.2) is 44.0 Å². The van der Waals surface area contributed by atoms with Gasteiger partial charge in [0.25, 0.3) is 0 Å². The van der Waals surface area contributed by atoms with E-state index in [4.69, 9.17) is 4.74 Å². The fourth-order valence-electron chi connectivity index (χ4n) is 3.27. The van der Waals surface area contributed by atoms with Gasteiger partial charge in [0.2, 0.25) is 5.91 Å². The van der Waals surface area contributed by atoms with E-state index in [0.29, 0.717) is 22.6 Å². The van der Waals surface area contributed by atoms with Crippen molar-refractivity contribution in [2.75, 3.05) is 17.7 Å². The fraction of sp³-hybridized carbons (Fsp3) is 0.318. The van der Waals surface area contributed by atoms with E-state index < -0.39 is 0 Å². The van der Waals surface area contributed by atoms with Gasteiger partial charge < -0.3 is 10.1 Å². The zero-order chi connectivity index (χ0) is 23.4. The third kappa shape index (κ3) is 5.43. The maximum Gasteiger partial charge on any atom is 0.311 e. The molecule has 0 saturated carbocycles. The smallest absolute Gasteiger partial charge is 0.311 e. The van der Waals surface area contributed by atoms with Gasteiger partial charge in [0.1, 0.15) is 0 Å². The Morgan fingerprint density at radius 1 is 1.18 bits per heavy atom. The van der Waals surface area contributed by atoms with Gasteiger partial charge in [-0.2, -0.15) is 0 Å². The molecular weight excluding hydrogens is 478 g/mol. The van der Waals surface area contributed by atoms with Crippen molar-refractivity contribution in [3.8, 4) is 11.4 Å². The Kier molecular flexibility index (Phi) is 7.41.